The van der Waals surface area contributed by atoms with Crippen molar-refractivity contribution in [2.45, 2.75) is 39.2 Å². The standard InChI is InChI=1S/C21H26N2O2/c1-21(2,3)23-12-6-11-22-19(24)13-16-14-25-18-10-9-15-7-4-5-8-17(15)20(16)18/h4-5,7-10,14,23H,6,11-13H2,1-3H3,(H,22,24)/p+1. The van der Waals surface area contributed by atoms with E-state index in [0.717, 1.165) is 40.3 Å². The molecule has 132 valence electrons. The van der Waals surface area contributed by atoms with Crippen molar-refractivity contribution in [2.75, 3.05) is 13.1 Å². The number of nitrogens with one attached hydrogen (secondary N) is 1. The van der Waals surface area contributed by atoms with Crippen LogP contribution in [0.1, 0.15) is 32.8 Å². The lowest BCUT2D eigenvalue weighted by Gasteiger charge is -2.16. The molecule has 1 aromatic heterocycles. The van der Waals surface area contributed by atoms with Crippen LogP contribution in [0.5, 0.6) is 0 Å². The molecule has 0 aliphatic carbocycles. The largest absolute Gasteiger partial charge is 0.464 e. The molecule has 0 unspecified atom stereocenters. The molecule has 0 aliphatic heterocycles. The lowest BCUT2D eigenvalue weighted by Crippen LogP contribution is -2.94. The van der Waals surface area contributed by atoms with E-state index in [1.54, 1.807) is 6.26 Å². The number of hydrogen-bond donors (Lipinski definition) is 2. The van der Waals surface area contributed by atoms with E-state index in [-0.39, 0.29) is 11.4 Å². The van der Waals surface area contributed by atoms with Crippen LogP contribution in [0.2, 0.25) is 0 Å². The average molecular weight is 339 g/mol. The van der Waals surface area contributed by atoms with E-state index in [4.69, 9.17) is 4.42 Å². The predicted octanol–water partition coefficient (Wildman–Crippen LogP) is 3.00. The molecule has 0 atom stereocenters. The van der Waals surface area contributed by atoms with E-state index in [1.807, 2.05) is 18.2 Å². The van der Waals surface area contributed by atoms with Gasteiger partial charge in [0, 0.05) is 23.9 Å². The van der Waals surface area contributed by atoms with Gasteiger partial charge in [0.15, 0.2) is 0 Å². The number of carbonyl (C=O) groups excluding carboxylic acids is 1. The summed E-state index contributed by atoms with van der Waals surface area (Å²) in [5.74, 6) is 0.0476. The smallest absolute Gasteiger partial charge is 0.224 e. The molecule has 0 bridgehead atoms. The SMILES string of the molecule is CC(C)(C)[NH2+]CCCNC(=O)Cc1coc2ccc3ccccc3c12. The number of carbonyl (C=O) groups is 1. The van der Waals surface area contributed by atoms with Crippen LogP contribution in [0, 0.1) is 0 Å². The number of benzene rings is 2. The van der Waals surface area contributed by atoms with E-state index < -0.39 is 0 Å². The number of rotatable bonds is 6. The number of fused-ring (bicyclic) bond motifs is 3. The van der Waals surface area contributed by atoms with Crippen molar-refractivity contribution in [2.24, 2.45) is 0 Å². The zero-order valence-corrected chi connectivity index (χ0v) is 15.3. The molecule has 3 rings (SSSR count). The predicted molar refractivity (Wildman–Crippen MR) is 102 cm³/mol. The maximum atomic E-state index is 12.3. The van der Waals surface area contributed by atoms with Crippen LogP contribution in [0.4, 0.5) is 0 Å². The van der Waals surface area contributed by atoms with Gasteiger partial charge in [-0.1, -0.05) is 30.3 Å². The molecular weight excluding hydrogens is 312 g/mol. The van der Waals surface area contributed by atoms with E-state index in [1.165, 1.54) is 0 Å². The lowest BCUT2D eigenvalue weighted by molar-refractivity contribution is -0.717. The van der Waals surface area contributed by atoms with Crippen LogP contribution in [0.25, 0.3) is 21.7 Å². The Bertz CT molecular complexity index is 874. The zero-order valence-electron chi connectivity index (χ0n) is 15.3. The second kappa shape index (κ2) is 7.28. The molecule has 4 nitrogen and oxygen atoms in total. The van der Waals surface area contributed by atoms with Gasteiger partial charge in [-0.25, -0.2) is 0 Å². The zero-order chi connectivity index (χ0) is 17.9. The third kappa shape index (κ3) is 4.40. The second-order valence-corrected chi connectivity index (χ2v) is 7.66. The van der Waals surface area contributed by atoms with Gasteiger partial charge in [0.25, 0.3) is 0 Å². The molecule has 0 saturated heterocycles. The third-order valence-electron chi connectivity index (χ3n) is 4.35. The summed E-state index contributed by atoms with van der Waals surface area (Å²) in [5.41, 5.74) is 2.02. The Hall–Kier alpha value is -2.33. The summed E-state index contributed by atoms with van der Waals surface area (Å²) in [6.07, 6.45) is 3.03. The molecule has 2 aromatic carbocycles. The number of furan rings is 1. The van der Waals surface area contributed by atoms with Gasteiger partial charge in [0.1, 0.15) is 5.58 Å². The van der Waals surface area contributed by atoms with E-state index in [2.05, 4.69) is 49.6 Å². The fourth-order valence-electron chi connectivity index (χ4n) is 3.10. The van der Waals surface area contributed by atoms with Gasteiger partial charge >= 0.3 is 0 Å². The van der Waals surface area contributed by atoms with Crippen molar-refractivity contribution >= 4 is 27.6 Å². The lowest BCUT2D eigenvalue weighted by atomic mass is 10.0. The highest BCUT2D eigenvalue weighted by molar-refractivity contribution is 6.08. The van der Waals surface area contributed by atoms with Crippen molar-refractivity contribution in [3.05, 3.63) is 48.2 Å². The van der Waals surface area contributed by atoms with Crippen molar-refractivity contribution in [1.29, 1.82) is 0 Å². The maximum absolute atomic E-state index is 12.3. The molecule has 0 spiro atoms. The van der Waals surface area contributed by atoms with Crippen LogP contribution >= 0.6 is 0 Å². The second-order valence-electron chi connectivity index (χ2n) is 7.66. The van der Waals surface area contributed by atoms with Crippen LogP contribution in [0.3, 0.4) is 0 Å². The topological polar surface area (TPSA) is 58.9 Å². The molecular formula is C21H27N2O2+. The molecule has 0 fully saturated rings. The van der Waals surface area contributed by atoms with Gasteiger partial charge in [0.05, 0.1) is 24.8 Å². The van der Waals surface area contributed by atoms with Crippen LogP contribution in [-0.2, 0) is 11.2 Å². The molecule has 1 heterocycles. The minimum atomic E-state index is 0.0476. The molecule has 25 heavy (non-hydrogen) atoms. The first-order valence-corrected chi connectivity index (χ1v) is 8.93. The molecule has 1 amide bonds. The first kappa shape index (κ1) is 17.5. The Morgan fingerprint density at radius 2 is 1.96 bits per heavy atom. The normalized spacial score (nSPS) is 12.0. The Morgan fingerprint density at radius 3 is 2.76 bits per heavy atom. The summed E-state index contributed by atoms with van der Waals surface area (Å²) < 4.78 is 5.65. The van der Waals surface area contributed by atoms with E-state index in [0.29, 0.717) is 13.0 Å². The van der Waals surface area contributed by atoms with Gasteiger partial charge in [-0.3, -0.25) is 4.79 Å². The third-order valence-corrected chi connectivity index (χ3v) is 4.35. The van der Waals surface area contributed by atoms with Crippen LogP contribution in [-0.4, -0.2) is 24.5 Å². The van der Waals surface area contributed by atoms with Gasteiger partial charge in [-0.15, -0.1) is 0 Å². The van der Waals surface area contributed by atoms with Gasteiger partial charge in [0.2, 0.25) is 5.91 Å². The molecule has 0 aliphatic rings. The molecule has 4 heteroatoms. The van der Waals surface area contributed by atoms with Gasteiger partial charge in [-0.05, 0) is 37.6 Å². The fourth-order valence-corrected chi connectivity index (χ4v) is 3.10. The highest BCUT2D eigenvalue weighted by Gasteiger charge is 2.14. The Kier molecular flexibility index (Phi) is 5.09. The van der Waals surface area contributed by atoms with E-state index >= 15 is 0 Å². The quantitative estimate of drug-likeness (QED) is 0.678. The molecule has 0 saturated carbocycles. The van der Waals surface area contributed by atoms with E-state index in [9.17, 15) is 4.79 Å². The van der Waals surface area contributed by atoms with Crippen LogP contribution < -0.4 is 10.6 Å². The molecule has 0 radical (unpaired) electrons. The summed E-state index contributed by atoms with van der Waals surface area (Å²) >= 11 is 0. The first-order valence-electron chi connectivity index (χ1n) is 8.93. The Labute approximate surface area is 148 Å². The Balaban J connectivity index is 1.63. The number of nitrogens with two attached hydrogens (primary N) is 1. The summed E-state index contributed by atoms with van der Waals surface area (Å²) in [4.78, 5) is 12.3. The van der Waals surface area contributed by atoms with Crippen molar-refractivity contribution in [3.8, 4) is 0 Å². The molecule has 3 aromatic rings. The number of amides is 1. The highest BCUT2D eigenvalue weighted by atomic mass is 16.3. The van der Waals surface area contributed by atoms with Gasteiger partial charge < -0.3 is 15.1 Å². The minimum Gasteiger partial charge on any atom is -0.464 e. The number of hydrogen-bond acceptors (Lipinski definition) is 2. The summed E-state index contributed by atoms with van der Waals surface area (Å²) in [6.45, 7) is 8.31. The monoisotopic (exact) mass is 339 g/mol. The summed E-state index contributed by atoms with van der Waals surface area (Å²) in [5, 5.41) is 8.67. The summed E-state index contributed by atoms with van der Waals surface area (Å²) in [7, 11) is 0. The molecule has 3 N–H and O–H groups in total. The maximum Gasteiger partial charge on any atom is 0.224 e. The minimum absolute atomic E-state index is 0.0476. The van der Waals surface area contributed by atoms with Crippen molar-refractivity contribution in [3.63, 3.8) is 0 Å². The Morgan fingerprint density at radius 1 is 1.16 bits per heavy atom. The van der Waals surface area contributed by atoms with Gasteiger partial charge in [-0.2, -0.15) is 0 Å². The fraction of sp³-hybridized carbons (Fsp3) is 0.381. The van der Waals surface area contributed by atoms with Crippen LogP contribution in [0.15, 0.2) is 47.1 Å². The first-order chi connectivity index (χ1) is 11.9. The number of quaternary nitrogens is 1. The van der Waals surface area contributed by atoms with Crippen molar-refractivity contribution < 1.29 is 14.5 Å². The van der Waals surface area contributed by atoms with Crippen molar-refractivity contribution in [1.82, 2.24) is 5.32 Å². The average Bonchev–Trinajstić information content (AvgIpc) is 2.97. The summed E-state index contributed by atoms with van der Waals surface area (Å²) in [6, 6.07) is 12.2. The highest BCUT2D eigenvalue weighted by Crippen LogP contribution is 2.30.